The van der Waals surface area contributed by atoms with Gasteiger partial charge in [0.25, 0.3) is 5.91 Å². The number of fused-ring (bicyclic) bond motifs is 1. The lowest BCUT2D eigenvalue weighted by molar-refractivity contribution is -0.129. The van der Waals surface area contributed by atoms with Crippen LogP contribution in [0.15, 0.2) is 60.7 Å². The van der Waals surface area contributed by atoms with Crippen LogP contribution in [0.5, 0.6) is 5.75 Å². The fourth-order valence-corrected chi connectivity index (χ4v) is 9.01. The highest BCUT2D eigenvalue weighted by molar-refractivity contribution is 5.94. The van der Waals surface area contributed by atoms with Crippen LogP contribution >= 0.6 is 0 Å². The minimum atomic E-state index is -0.835. The first-order chi connectivity index (χ1) is 24.3. The number of ether oxygens (including phenoxy) is 1. The third-order valence-electron chi connectivity index (χ3n) is 11.8. The summed E-state index contributed by atoms with van der Waals surface area (Å²) in [5.41, 5.74) is 5.64. The summed E-state index contributed by atoms with van der Waals surface area (Å²) in [5, 5.41) is 18.9. The fraction of sp³-hybridized carbons (Fsp3) is 0.548. The Labute approximate surface area is 297 Å². The smallest absolute Gasteiger partial charge is 0.251 e. The number of aromatic nitrogens is 1. The highest BCUT2D eigenvalue weighted by atomic mass is 16.5. The van der Waals surface area contributed by atoms with Gasteiger partial charge in [0, 0.05) is 55.2 Å². The number of nitrogens with one attached hydrogen (secondary N) is 2. The fourth-order valence-electron chi connectivity index (χ4n) is 9.01. The van der Waals surface area contributed by atoms with E-state index in [-0.39, 0.29) is 29.5 Å². The van der Waals surface area contributed by atoms with E-state index in [9.17, 15) is 14.7 Å². The lowest BCUT2D eigenvalue weighted by atomic mass is 9.85. The number of aryl methyl sites for hydroxylation is 1. The highest BCUT2D eigenvalue weighted by Gasteiger charge is 2.43. The zero-order valence-electron chi connectivity index (χ0n) is 29.8. The molecule has 2 amide bonds. The lowest BCUT2D eigenvalue weighted by Crippen LogP contribution is -2.50. The maximum atomic E-state index is 14.2. The second-order valence-corrected chi connectivity index (χ2v) is 15.3. The number of nitrogens with zero attached hydrogens (tertiary/aromatic N) is 2. The van der Waals surface area contributed by atoms with E-state index in [1.807, 2.05) is 47.4 Å². The Morgan fingerprint density at radius 3 is 2.46 bits per heavy atom. The molecule has 3 fully saturated rings. The molecule has 1 saturated heterocycles. The molecule has 4 aliphatic rings. The predicted molar refractivity (Wildman–Crippen MR) is 195 cm³/mol. The van der Waals surface area contributed by atoms with E-state index in [4.69, 9.17) is 9.72 Å². The summed E-state index contributed by atoms with van der Waals surface area (Å²) in [6, 6.07) is 19.9. The van der Waals surface area contributed by atoms with Crippen LogP contribution in [0.3, 0.4) is 0 Å². The van der Waals surface area contributed by atoms with Gasteiger partial charge in [-0.2, -0.15) is 0 Å². The molecule has 2 aliphatic carbocycles. The van der Waals surface area contributed by atoms with Gasteiger partial charge in [-0.15, -0.1) is 0 Å². The number of aliphatic hydroxyl groups excluding tert-OH is 1. The molecule has 1 spiro atoms. The normalized spacial score (nSPS) is 22.7. The summed E-state index contributed by atoms with van der Waals surface area (Å²) < 4.78 is 6.67. The topological polar surface area (TPSA) is 104 Å². The molecule has 2 aliphatic heterocycles. The molecule has 3 N–H and O–H groups in total. The Morgan fingerprint density at radius 1 is 0.960 bits per heavy atom. The van der Waals surface area contributed by atoms with E-state index < -0.39 is 12.1 Å². The van der Waals surface area contributed by atoms with Gasteiger partial charge in [-0.3, -0.25) is 14.6 Å². The number of pyridine rings is 1. The number of likely N-dealkylation sites (tertiary alicyclic amines) is 1. The molecule has 3 aromatic rings. The van der Waals surface area contributed by atoms with Crippen LogP contribution in [0.2, 0.25) is 0 Å². The van der Waals surface area contributed by atoms with Crippen molar-refractivity contribution in [3.63, 3.8) is 0 Å². The van der Waals surface area contributed by atoms with Crippen molar-refractivity contribution in [2.24, 2.45) is 0 Å². The van der Waals surface area contributed by atoms with Crippen molar-refractivity contribution in [1.29, 1.82) is 0 Å². The van der Waals surface area contributed by atoms with Crippen molar-refractivity contribution in [2.75, 3.05) is 13.1 Å². The van der Waals surface area contributed by atoms with E-state index in [0.717, 1.165) is 92.5 Å². The molecule has 7 rings (SSSR count). The maximum absolute atomic E-state index is 14.2. The highest BCUT2D eigenvalue weighted by Crippen LogP contribution is 2.47. The minimum Gasteiger partial charge on any atom is -0.487 e. The standard InChI is InChI=1S/C42H54N4O4/c1-3-29-17-18-40-33(22-29)37(26-42(50-40)19-9-10-20-42)43-27-39(48)36(23-30-12-5-4-6-13-30)45-41(49)32-24-34(31-14-7-8-15-31)44-35(25-32)38-16-11-21-46(38)28(2)47/h4-6,12-13,17-18,22,24-25,31,36-39,43,48H,3,7-11,14-16,19-21,23,26-27H2,1-2H3,(H,45,49)/t36-,37-,38+,39+/m0/s1. The molecule has 0 bridgehead atoms. The minimum absolute atomic E-state index is 0.0436. The molecule has 2 aromatic carbocycles. The second kappa shape index (κ2) is 15.2. The van der Waals surface area contributed by atoms with Gasteiger partial charge in [-0.05, 0) is 93.5 Å². The largest absolute Gasteiger partial charge is 0.487 e. The predicted octanol–water partition coefficient (Wildman–Crippen LogP) is 7.11. The SMILES string of the molecule is CCc1ccc2c(c1)[C@@H](NC[C@@H](O)[C@H](Cc1ccccc1)NC(=O)c1cc(C3CCCC3)nc([C@H]3CCCN3C(C)=O)c1)CC1(CCCC1)O2. The maximum Gasteiger partial charge on any atom is 0.251 e. The number of hydrogen-bond donors (Lipinski definition) is 3. The molecule has 4 atom stereocenters. The summed E-state index contributed by atoms with van der Waals surface area (Å²) >= 11 is 0. The van der Waals surface area contributed by atoms with Gasteiger partial charge in [-0.1, -0.05) is 62.2 Å². The van der Waals surface area contributed by atoms with Crippen molar-refractivity contribution in [2.45, 2.75) is 133 Å². The van der Waals surface area contributed by atoms with Gasteiger partial charge in [0.15, 0.2) is 0 Å². The van der Waals surface area contributed by atoms with Gasteiger partial charge in [0.05, 0.1) is 23.9 Å². The molecule has 0 unspecified atom stereocenters. The zero-order chi connectivity index (χ0) is 34.7. The summed E-state index contributed by atoms with van der Waals surface area (Å²) in [7, 11) is 0. The summed E-state index contributed by atoms with van der Waals surface area (Å²) in [6.45, 7) is 4.83. The molecule has 50 heavy (non-hydrogen) atoms. The molecule has 1 aromatic heterocycles. The monoisotopic (exact) mass is 678 g/mol. The van der Waals surface area contributed by atoms with Crippen molar-refractivity contribution in [3.8, 4) is 5.75 Å². The van der Waals surface area contributed by atoms with Crippen LogP contribution in [-0.4, -0.2) is 57.6 Å². The Hall–Kier alpha value is -3.75. The first-order valence-electron chi connectivity index (χ1n) is 19.2. The average molecular weight is 679 g/mol. The van der Waals surface area contributed by atoms with E-state index in [1.165, 1.54) is 18.4 Å². The van der Waals surface area contributed by atoms with Crippen LogP contribution in [0.1, 0.15) is 141 Å². The van der Waals surface area contributed by atoms with Gasteiger partial charge >= 0.3 is 0 Å². The van der Waals surface area contributed by atoms with Gasteiger partial charge in [0.1, 0.15) is 11.4 Å². The molecule has 3 heterocycles. The third-order valence-corrected chi connectivity index (χ3v) is 11.8. The number of aliphatic hydroxyl groups is 1. The van der Waals surface area contributed by atoms with E-state index in [2.05, 4.69) is 35.8 Å². The summed E-state index contributed by atoms with van der Waals surface area (Å²) in [5.74, 6) is 1.10. The Kier molecular flexibility index (Phi) is 10.6. The molecule has 266 valence electrons. The molecule has 0 radical (unpaired) electrons. The number of amides is 2. The number of benzene rings is 2. The number of hydrogen-bond acceptors (Lipinski definition) is 6. The number of rotatable bonds is 11. The van der Waals surface area contributed by atoms with Crippen molar-refractivity contribution in [3.05, 3.63) is 94.3 Å². The average Bonchev–Trinajstić information content (AvgIpc) is 3.94. The van der Waals surface area contributed by atoms with E-state index >= 15 is 0 Å². The second-order valence-electron chi connectivity index (χ2n) is 15.3. The van der Waals surface area contributed by atoms with Crippen LogP contribution in [0, 0.1) is 0 Å². The van der Waals surface area contributed by atoms with Gasteiger partial charge in [0.2, 0.25) is 5.91 Å². The van der Waals surface area contributed by atoms with Crippen molar-refractivity contribution >= 4 is 11.8 Å². The Morgan fingerprint density at radius 2 is 1.72 bits per heavy atom. The molecular formula is C42H54N4O4. The molecular weight excluding hydrogens is 624 g/mol. The summed E-state index contributed by atoms with van der Waals surface area (Å²) in [4.78, 5) is 33.7. The van der Waals surface area contributed by atoms with Gasteiger partial charge in [-0.25, -0.2) is 0 Å². The van der Waals surface area contributed by atoms with E-state index in [1.54, 1.807) is 6.92 Å². The Balaban J connectivity index is 1.13. The molecule has 8 nitrogen and oxygen atoms in total. The van der Waals surface area contributed by atoms with E-state index in [0.29, 0.717) is 31.0 Å². The first kappa shape index (κ1) is 34.7. The Bertz CT molecular complexity index is 1650. The summed E-state index contributed by atoms with van der Waals surface area (Å²) in [6.07, 6.45) is 12.2. The van der Waals surface area contributed by atoms with Crippen LogP contribution in [0.4, 0.5) is 0 Å². The number of carbonyl (C=O) groups excluding carboxylic acids is 2. The van der Waals surface area contributed by atoms with Crippen LogP contribution in [0.25, 0.3) is 0 Å². The quantitative estimate of drug-likeness (QED) is 0.200. The lowest BCUT2D eigenvalue weighted by Gasteiger charge is -2.41. The van der Waals surface area contributed by atoms with Crippen molar-refractivity contribution in [1.82, 2.24) is 20.5 Å². The molecule has 2 saturated carbocycles. The number of carbonyl (C=O) groups is 2. The third kappa shape index (κ3) is 7.62. The van der Waals surface area contributed by atoms with Crippen molar-refractivity contribution < 1.29 is 19.4 Å². The van der Waals surface area contributed by atoms with Crippen LogP contribution in [-0.2, 0) is 17.6 Å². The van der Waals surface area contributed by atoms with Crippen LogP contribution < -0.4 is 15.4 Å². The zero-order valence-corrected chi connectivity index (χ0v) is 29.8. The first-order valence-corrected chi connectivity index (χ1v) is 19.2. The van der Waals surface area contributed by atoms with Gasteiger partial charge < -0.3 is 25.4 Å². The molecule has 8 heteroatoms.